The Kier molecular flexibility index (Phi) is 7.08. The van der Waals surface area contributed by atoms with Crippen LogP contribution in [-0.4, -0.2) is 61.7 Å². The highest BCUT2D eigenvalue weighted by atomic mass is 79.9. The summed E-state index contributed by atoms with van der Waals surface area (Å²) in [6.45, 7) is 2.51. The standard InChI is InChI=1S/C19H22BrN7O3/c1-11-16(18(30)12-3-2-4-13(20)9-12)14(10-15(29)22-6-5-21)23-17(11)19-24-26-27(25-19)7-8-28/h2-4,9,23,28H,5-8,10,21H2,1H3,(H,22,29). The van der Waals surface area contributed by atoms with Crippen molar-refractivity contribution in [2.75, 3.05) is 19.7 Å². The summed E-state index contributed by atoms with van der Waals surface area (Å²) in [5.41, 5.74) is 7.90. The molecule has 1 amide bonds. The maximum atomic E-state index is 13.3. The van der Waals surface area contributed by atoms with E-state index in [0.717, 1.165) is 4.47 Å². The van der Waals surface area contributed by atoms with Gasteiger partial charge in [-0.25, -0.2) is 0 Å². The number of nitrogens with two attached hydrogens (primary N) is 1. The van der Waals surface area contributed by atoms with E-state index in [1.54, 1.807) is 25.1 Å². The third-order valence-corrected chi connectivity index (χ3v) is 4.92. The fourth-order valence-electron chi connectivity index (χ4n) is 3.06. The smallest absolute Gasteiger partial charge is 0.226 e. The Bertz CT molecular complexity index is 1060. The van der Waals surface area contributed by atoms with Crippen molar-refractivity contribution in [3.8, 4) is 11.5 Å². The summed E-state index contributed by atoms with van der Waals surface area (Å²) in [6, 6.07) is 7.04. The molecular weight excluding hydrogens is 454 g/mol. The molecule has 2 aromatic heterocycles. The maximum absolute atomic E-state index is 13.3. The number of amides is 1. The molecule has 0 aliphatic heterocycles. The molecule has 30 heavy (non-hydrogen) atoms. The average molecular weight is 476 g/mol. The van der Waals surface area contributed by atoms with Gasteiger partial charge in [-0.2, -0.15) is 4.80 Å². The number of rotatable bonds is 9. The zero-order chi connectivity index (χ0) is 21.7. The molecule has 0 unspecified atom stereocenters. The molecule has 2 heterocycles. The van der Waals surface area contributed by atoms with E-state index in [4.69, 9.17) is 10.8 Å². The van der Waals surface area contributed by atoms with Crippen LogP contribution >= 0.6 is 15.9 Å². The number of carbonyl (C=O) groups excluding carboxylic acids is 2. The summed E-state index contributed by atoms with van der Waals surface area (Å²) >= 11 is 3.38. The molecule has 0 atom stereocenters. The summed E-state index contributed by atoms with van der Waals surface area (Å²) in [6.07, 6.45) is -0.0271. The van der Waals surface area contributed by atoms with Crippen molar-refractivity contribution in [3.05, 3.63) is 51.1 Å². The number of benzene rings is 1. The van der Waals surface area contributed by atoms with Crippen LogP contribution < -0.4 is 11.1 Å². The third-order valence-electron chi connectivity index (χ3n) is 4.42. The number of nitrogens with zero attached hydrogens (tertiary/aromatic N) is 4. The average Bonchev–Trinajstić information content (AvgIpc) is 3.30. The first-order chi connectivity index (χ1) is 14.4. The van der Waals surface area contributed by atoms with E-state index in [9.17, 15) is 9.59 Å². The van der Waals surface area contributed by atoms with Gasteiger partial charge in [0.2, 0.25) is 11.7 Å². The van der Waals surface area contributed by atoms with Crippen LogP contribution in [0, 0.1) is 6.92 Å². The zero-order valence-corrected chi connectivity index (χ0v) is 17.9. The lowest BCUT2D eigenvalue weighted by atomic mass is 9.98. The van der Waals surface area contributed by atoms with Gasteiger partial charge < -0.3 is 21.1 Å². The molecule has 3 rings (SSSR count). The molecule has 0 radical (unpaired) electrons. The Labute approximate surface area is 181 Å². The number of aliphatic hydroxyl groups excluding tert-OH is 1. The molecular formula is C19H22BrN7O3. The fourth-order valence-corrected chi connectivity index (χ4v) is 3.46. The number of hydrogen-bond donors (Lipinski definition) is 4. The van der Waals surface area contributed by atoms with Crippen LogP contribution in [0.5, 0.6) is 0 Å². The second-order valence-electron chi connectivity index (χ2n) is 6.57. The van der Waals surface area contributed by atoms with Crippen LogP contribution in [0.3, 0.4) is 0 Å². The molecule has 0 saturated carbocycles. The van der Waals surface area contributed by atoms with Gasteiger partial charge in [0.15, 0.2) is 5.78 Å². The number of aliphatic hydroxyl groups is 1. The van der Waals surface area contributed by atoms with E-state index in [1.165, 1.54) is 4.80 Å². The van der Waals surface area contributed by atoms with Crippen LogP contribution in [0.2, 0.25) is 0 Å². The second-order valence-corrected chi connectivity index (χ2v) is 7.48. The van der Waals surface area contributed by atoms with Crippen LogP contribution in [0.15, 0.2) is 28.7 Å². The molecule has 10 nitrogen and oxygen atoms in total. The molecule has 0 aliphatic rings. The van der Waals surface area contributed by atoms with Gasteiger partial charge in [0.05, 0.1) is 25.3 Å². The van der Waals surface area contributed by atoms with Gasteiger partial charge in [0.25, 0.3) is 0 Å². The second kappa shape index (κ2) is 9.74. The third kappa shape index (κ3) is 4.81. The molecule has 11 heteroatoms. The first kappa shape index (κ1) is 21.8. The molecule has 0 fully saturated rings. The van der Waals surface area contributed by atoms with Crippen LogP contribution in [0.1, 0.15) is 27.2 Å². The zero-order valence-electron chi connectivity index (χ0n) is 16.4. The van der Waals surface area contributed by atoms with E-state index in [0.29, 0.717) is 41.2 Å². The van der Waals surface area contributed by atoms with Crippen molar-refractivity contribution in [3.63, 3.8) is 0 Å². The molecule has 0 saturated heterocycles. The summed E-state index contributed by atoms with van der Waals surface area (Å²) in [5.74, 6) is -0.202. The number of aromatic nitrogens is 5. The topological polar surface area (TPSA) is 152 Å². The lowest BCUT2D eigenvalue weighted by Gasteiger charge is -2.07. The number of ketones is 1. The van der Waals surface area contributed by atoms with E-state index in [1.807, 2.05) is 6.07 Å². The molecule has 5 N–H and O–H groups in total. The van der Waals surface area contributed by atoms with Gasteiger partial charge in [-0.05, 0) is 29.8 Å². The maximum Gasteiger partial charge on any atom is 0.226 e. The summed E-state index contributed by atoms with van der Waals surface area (Å²) < 4.78 is 0.776. The quantitative estimate of drug-likeness (QED) is 0.330. The first-order valence-electron chi connectivity index (χ1n) is 9.32. The Morgan fingerprint density at radius 3 is 2.87 bits per heavy atom. The highest BCUT2D eigenvalue weighted by Crippen LogP contribution is 2.28. The van der Waals surface area contributed by atoms with Crippen molar-refractivity contribution in [2.45, 2.75) is 19.9 Å². The highest BCUT2D eigenvalue weighted by Gasteiger charge is 2.25. The summed E-state index contributed by atoms with van der Waals surface area (Å²) in [5, 5.41) is 23.9. The van der Waals surface area contributed by atoms with Crippen molar-refractivity contribution in [2.24, 2.45) is 5.73 Å². The number of aromatic amines is 1. The number of tetrazole rings is 1. The molecule has 3 aromatic rings. The largest absolute Gasteiger partial charge is 0.394 e. The van der Waals surface area contributed by atoms with E-state index < -0.39 is 0 Å². The van der Waals surface area contributed by atoms with Crippen LogP contribution in [-0.2, 0) is 17.8 Å². The van der Waals surface area contributed by atoms with Crippen molar-refractivity contribution in [1.29, 1.82) is 0 Å². The van der Waals surface area contributed by atoms with Crippen molar-refractivity contribution >= 4 is 27.6 Å². The number of carbonyl (C=O) groups is 2. The molecule has 158 valence electrons. The SMILES string of the molecule is Cc1c(-c2nnn(CCO)n2)[nH]c(CC(=O)NCCN)c1C(=O)c1cccc(Br)c1. The van der Waals surface area contributed by atoms with Crippen molar-refractivity contribution < 1.29 is 14.7 Å². The lowest BCUT2D eigenvalue weighted by Crippen LogP contribution is -2.30. The first-order valence-corrected chi connectivity index (χ1v) is 10.1. The fraction of sp³-hybridized carbons (Fsp3) is 0.316. The predicted molar refractivity (Wildman–Crippen MR) is 113 cm³/mol. The molecule has 1 aromatic carbocycles. The molecule has 0 spiro atoms. The Morgan fingerprint density at radius 2 is 2.17 bits per heavy atom. The minimum absolute atomic E-state index is 0.0271. The summed E-state index contributed by atoms with van der Waals surface area (Å²) in [4.78, 5) is 30.0. The number of halogens is 1. The number of H-pyrrole nitrogens is 1. The van der Waals surface area contributed by atoms with Crippen LogP contribution in [0.25, 0.3) is 11.5 Å². The molecule has 0 aliphatic carbocycles. The molecule has 0 bridgehead atoms. The van der Waals surface area contributed by atoms with Gasteiger partial charge in [0.1, 0.15) is 0 Å². The van der Waals surface area contributed by atoms with Gasteiger partial charge in [-0.15, -0.1) is 10.2 Å². The van der Waals surface area contributed by atoms with Gasteiger partial charge in [-0.1, -0.05) is 28.1 Å². The van der Waals surface area contributed by atoms with E-state index in [2.05, 4.69) is 41.6 Å². The Hall–Kier alpha value is -2.89. The Balaban J connectivity index is 2.04. The minimum atomic E-state index is -0.256. The minimum Gasteiger partial charge on any atom is -0.394 e. The number of hydrogen-bond acceptors (Lipinski definition) is 7. The highest BCUT2D eigenvalue weighted by molar-refractivity contribution is 9.10. The van der Waals surface area contributed by atoms with Gasteiger partial charge in [-0.3, -0.25) is 9.59 Å². The van der Waals surface area contributed by atoms with Gasteiger partial charge >= 0.3 is 0 Å². The summed E-state index contributed by atoms with van der Waals surface area (Å²) in [7, 11) is 0. The van der Waals surface area contributed by atoms with Crippen LogP contribution in [0.4, 0.5) is 0 Å². The Morgan fingerprint density at radius 1 is 1.37 bits per heavy atom. The lowest BCUT2D eigenvalue weighted by molar-refractivity contribution is -0.120. The predicted octanol–water partition coefficient (Wildman–Crippen LogP) is 0.580. The van der Waals surface area contributed by atoms with Gasteiger partial charge in [0, 0.05) is 34.4 Å². The normalized spacial score (nSPS) is 10.9. The number of nitrogens with one attached hydrogen (secondary N) is 2. The van der Waals surface area contributed by atoms with E-state index >= 15 is 0 Å². The van der Waals surface area contributed by atoms with Crippen molar-refractivity contribution in [1.82, 2.24) is 30.5 Å². The van der Waals surface area contributed by atoms with E-state index in [-0.39, 0.29) is 37.1 Å². The monoisotopic (exact) mass is 475 g/mol.